The van der Waals surface area contributed by atoms with E-state index in [9.17, 15) is 0 Å². The number of nitrogens with zero attached hydrogens (tertiary/aromatic N) is 1. The summed E-state index contributed by atoms with van der Waals surface area (Å²) in [5, 5.41) is 0. The molecule has 0 aliphatic carbocycles. The molecular weight excluding hydrogens is 250 g/mol. The quantitative estimate of drug-likeness (QED) is 0.432. The van der Waals surface area contributed by atoms with Gasteiger partial charge in [-0.1, -0.05) is 11.8 Å². The van der Waals surface area contributed by atoms with Crippen molar-refractivity contribution in [2.24, 2.45) is 0 Å². The van der Waals surface area contributed by atoms with Crippen LogP contribution < -0.4 is 4.74 Å². The number of halogens is 1. The molecule has 0 amide bonds. The molecule has 0 saturated carbocycles. The van der Waals surface area contributed by atoms with Gasteiger partial charge < -0.3 is 9.47 Å². The van der Waals surface area contributed by atoms with Gasteiger partial charge in [-0.3, -0.25) is 4.98 Å². The maximum absolute atomic E-state index is 5.56. The molecule has 0 atom stereocenters. The molecule has 0 aliphatic heterocycles. The number of aromatic nitrogens is 1. The van der Waals surface area contributed by atoms with Crippen molar-refractivity contribution in [3.8, 4) is 17.6 Å². The van der Waals surface area contributed by atoms with Crippen molar-refractivity contribution in [1.82, 2.24) is 4.98 Å². The van der Waals surface area contributed by atoms with Crippen LogP contribution in [0.4, 0.5) is 0 Å². The van der Waals surface area contributed by atoms with E-state index in [0.717, 1.165) is 30.9 Å². The van der Waals surface area contributed by atoms with Crippen LogP contribution in [-0.2, 0) is 4.74 Å². The van der Waals surface area contributed by atoms with E-state index < -0.39 is 0 Å². The minimum absolute atomic E-state index is 0.550. The summed E-state index contributed by atoms with van der Waals surface area (Å²) in [4.78, 5) is 4.09. The SMILES string of the molecule is CCOCCCOc1cncc(C#CCCCl)c1. The maximum Gasteiger partial charge on any atom is 0.138 e. The Morgan fingerprint density at radius 3 is 3.00 bits per heavy atom. The highest BCUT2D eigenvalue weighted by Crippen LogP contribution is 2.10. The number of alkyl halides is 1. The topological polar surface area (TPSA) is 31.4 Å². The Bertz CT molecular complexity index is 398. The molecule has 0 saturated heterocycles. The Morgan fingerprint density at radius 1 is 1.33 bits per heavy atom. The first kappa shape index (κ1) is 14.8. The molecule has 0 aliphatic rings. The van der Waals surface area contributed by atoms with Crippen LogP contribution in [0.1, 0.15) is 25.3 Å². The molecule has 0 N–H and O–H groups in total. The van der Waals surface area contributed by atoms with Crippen LogP contribution in [0, 0.1) is 11.8 Å². The lowest BCUT2D eigenvalue weighted by molar-refractivity contribution is 0.131. The molecule has 1 aromatic rings. The van der Waals surface area contributed by atoms with Gasteiger partial charge in [0.15, 0.2) is 0 Å². The van der Waals surface area contributed by atoms with Gasteiger partial charge in [0.2, 0.25) is 0 Å². The molecule has 0 bridgehead atoms. The van der Waals surface area contributed by atoms with Crippen molar-refractivity contribution in [3.63, 3.8) is 0 Å². The smallest absolute Gasteiger partial charge is 0.138 e. The summed E-state index contributed by atoms with van der Waals surface area (Å²) in [5.74, 6) is 7.25. The van der Waals surface area contributed by atoms with Gasteiger partial charge in [0.05, 0.1) is 12.8 Å². The summed E-state index contributed by atoms with van der Waals surface area (Å²) in [7, 11) is 0. The average Bonchev–Trinajstić information content (AvgIpc) is 2.39. The highest BCUT2D eigenvalue weighted by atomic mass is 35.5. The number of ether oxygens (including phenoxy) is 2. The zero-order chi connectivity index (χ0) is 13.1. The van der Waals surface area contributed by atoms with Crippen LogP contribution in [0.2, 0.25) is 0 Å². The van der Waals surface area contributed by atoms with Gasteiger partial charge in [0.25, 0.3) is 0 Å². The molecule has 3 nitrogen and oxygen atoms in total. The van der Waals surface area contributed by atoms with Crippen LogP contribution in [0.15, 0.2) is 18.5 Å². The highest BCUT2D eigenvalue weighted by molar-refractivity contribution is 6.18. The molecule has 98 valence electrons. The van der Waals surface area contributed by atoms with Crippen LogP contribution in [-0.4, -0.2) is 30.7 Å². The fraction of sp³-hybridized carbons (Fsp3) is 0.500. The molecule has 0 unspecified atom stereocenters. The van der Waals surface area contributed by atoms with Gasteiger partial charge in [-0.25, -0.2) is 0 Å². The normalized spacial score (nSPS) is 9.67. The van der Waals surface area contributed by atoms with Crippen LogP contribution in [0.3, 0.4) is 0 Å². The molecule has 1 rings (SSSR count). The van der Waals surface area contributed by atoms with E-state index in [1.165, 1.54) is 0 Å². The van der Waals surface area contributed by atoms with Gasteiger partial charge in [0.1, 0.15) is 5.75 Å². The van der Waals surface area contributed by atoms with Gasteiger partial charge in [-0.15, -0.1) is 11.6 Å². The van der Waals surface area contributed by atoms with E-state index in [1.54, 1.807) is 12.4 Å². The van der Waals surface area contributed by atoms with E-state index in [-0.39, 0.29) is 0 Å². The van der Waals surface area contributed by atoms with E-state index in [1.807, 2.05) is 13.0 Å². The molecular formula is C14H18ClNO2. The van der Waals surface area contributed by atoms with E-state index in [2.05, 4.69) is 16.8 Å². The van der Waals surface area contributed by atoms with Crippen molar-refractivity contribution in [3.05, 3.63) is 24.0 Å². The van der Waals surface area contributed by atoms with Gasteiger partial charge >= 0.3 is 0 Å². The largest absolute Gasteiger partial charge is 0.492 e. The first-order chi connectivity index (χ1) is 8.86. The zero-order valence-electron chi connectivity index (χ0n) is 10.6. The summed E-state index contributed by atoms with van der Waals surface area (Å²) >= 11 is 5.55. The molecule has 4 heteroatoms. The Morgan fingerprint density at radius 2 is 2.22 bits per heavy atom. The molecule has 0 fully saturated rings. The third-order valence-corrected chi connectivity index (χ3v) is 2.26. The summed E-state index contributed by atoms with van der Waals surface area (Å²) < 4.78 is 10.8. The second-order valence-corrected chi connectivity index (χ2v) is 3.93. The molecule has 1 heterocycles. The fourth-order valence-corrected chi connectivity index (χ4v) is 1.37. The molecule has 0 spiro atoms. The lowest BCUT2D eigenvalue weighted by atomic mass is 10.2. The first-order valence-corrected chi connectivity index (χ1v) is 6.60. The van der Waals surface area contributed by atoms with Crippen LogP contribution in [0.5, 0.6) is 5.75 Å². The Hall–Kier alpha value is -1.24. The Balaban J connectivity index is 2.38. The van der Waals surface area contributed by atoms with Crippen molar-refractivity contribution in [2.75, 3.05) is 25.7 Å². The predicted molar refractivity (Wildman–Crippen MR) is 73.1 cm³/mol. The fourth-order valence-electron chi connectivity index (χ4n) is 1.27. The highest BCUT2D eigenvalue weighted by Gasteiger charge is 1.96. The van der Waals surface area contributed by atoms with Crippen LogP contribution >= 0.6 is 11.6 Å². The van der Waals surface area contributed by atoms with Crippen molar-refractivity contribution < 1.29 is 9.47 Å². The van der Waals surface area contributed by atoms with E-state index in [4.69, 9.17) is 21.1 Å². The third-order valence-electron chi connectivity index (χ3n) is 2.07. The number of rotatable bonds is 7. The number of pyridine rings is 1. The lowest BCUT2D eigenvalue weighted by Gasteiger charge is -2.05. The Kier molecular flexibility index (Phi) is 8.03. The summed E-state index contributed by atoms with van der Waals surface area (Å²) in [6.45, 7) is 4.07. The second kappa shape index (κ2) is 9.76. The number of hydrogen-bond acceptors (Lipinski definition) is 3. The van der Waals surface area contributed by atoms with Crippen molar-refractivity contribution >= 4 is 11.6 Å². The van der Waals surface area contributed by atoms with Crippen LogP contribution in [0.25, 0.3) is 0 Å². The third kappa shape index (κ3) is 6.48. The van der Waals surface area contributed by atoms with Crippen molar-refractivity contribution in [2.45, 2.75) is 19.8 Å². The summed E-state index contributed by atoms with van der Waals surface area (Å²) in [6, 6.07) is 1.88. The lowest BCUT2D eigenvalue weighted by Crippen LogP contribution is -2.03. The summed E-state index contributed by atoms with van der Waals surface area (Å²) in [5.41, 5.74) is 0.849. The van der Waals surface area contributed by atoms with Gasteiger partial charge in [-0.2, -0.15) is 0 Å². The minimum atomic E-state index is 0.550. The van der Waals surface area contributed by atoms with Gasteiger partial charge in [0, 0.05) is 43.7 Å². The average molecular weight is 268 g/mol. The predicted octanol–water partition coefficient (Wildman–Crippen LogP) is 2.87. The maximum atomic E-state index is 5.56. The molecule has 18 heavy (non-hydrogen) atoms. The zero-order valence-corrected chi connectivity index (χ0v) is 11.4. The number of hydrogen-bond donors (Lipinski definition) is 0. The summed E-state index contributed by atoms with van der Waals surface area (Å²) in [6.07, 6.45) is 4.96. The standard InChI is InChI=1S/C14H18ClNO2/c1-2-17-8-5-9-18-14-10-13(11-16-12-14)6-3-4-7-15/h10-12H,2,4-5,7-9H2,1H3. The van der Waals surface area contributed by atoms with Gasteiger partial charge in [-0.05, 0) is 13.0 Å². The minimum Gasteiger partial charge on any atom is -0.492 e. The monoisotopic (exact) mass is 267 g/mol. The van der Waals surface area contributed by atoms with Crippen molar-refractivity contribution in [1.29, 1.82) is 0 Å². The first-order valence-electron chi connectivity index (χ1n) is 6.07. The second-order valence-electron chi connectivity index (χ2n) is 3.55. The Labute approximate surface area is 113 Å². The molecule has 1 aromatic heterocycles. The van der Waals surface area contributed by atoms with E-state index in [0.29, 0.717) is 18.9 Å². The molecule has 0 radical (unpaired) electrons. The van der Waals surface area contributed by atoms with E-state index >= 15 is 0 Å². The molecule has 0 aromatic carbocycles.